The number of carbonyl (C=O) groups is 3. The summed E-state index contributed by atoms with van der Waals surface area (Å²) in [5.74, 6) is 0.152. The molecule has 0 bridgehead atoms. The Labute approximate surface area is 305 Å². The second-order valence-electron chi connectivity index (χ2n) is 19.0. The Morgan fingerprint density at radius 2 is 1.55 bits per heavy atom. The van der Waals surface area contributed by atoms with Gasteiger partial charge in [0.2, 0.25) is 0 Å². The van der Waals surface area contributed by atoms with E-state index in [1.807, 2.05) is 48.5 Å². The molecule has 2 aromatic rings. The van der Waals surface area contributed by atoms with E-state index in [1.165, 1.54) is 5.57 Å². The average molecular weight is 694 g/mol. The first kappa shape index (κ1) is 36.1. The fourth-order valence-electron chi connectivity index (χ4n) is 12.6. The summed E-state index contributed by atoms with van der Waals surface area (Å²) in [5, 5.41) is 0. The second-order valence-corrected chi connectivity index (χ2v) is 19.0. The summed E-state index contributed by atoms with van der Waals surface area (Å²) < 4.78 is 11.9. The molecule has 1 unspecified atom stereocenters. The van der Waals surface area contributed by atoms with E-state index in [0.29, 0.717) is 13.0 Å². The number of nitrogens with zero attached hydrogens (tertiary/aromatic N) is 1. The van der Waals surface area contributed by atoms with E-state index >= 15 is 0 Å². The summed E-state index contributed by atoms with van der Waals surface area (Å²) in [6.45, 7) is 16.9. The number of allylic oxidation sites excluding steroid dienone is 2. The lowest BCUT2D eigenvalue weighted by molar-refractivity contribution is -0.199. The Bertz CT molecular complexity index is 1700. The zero-order valence-electron chi connectivity index (χ0n) is 32.1. The Hall–Kier alpha value is -3.28. The lowest BCUT2D eigenvalue weighted by Crippen LogP contribution is -2.66. The van der Waals surface area contributed by atoms with E-state index < -0.39 is 5.41 Å². The zero-order valence-corrected chi connectivity index (χ0v) is 32.1. The van der Waals surface area contributed by atoms with Gasteiger partial charge in [0, 0.05) is 24.2 Å². The van der Waals surface area contributed by atoms with Crippen LogP contribution < -0.4 is 0 Å². The smallest absolute Gasteiger partial charge is 0.312 e. The number of esters is 2. The number of hydrogen-bond acceptors (Lipinski definition) is 6. The van der Waals surface area contributed by atoms with Gasteiger partial charge in [0.15, 0.2) is 5.78 Å². The van der Waals surface area contributed by atoms with Gasteiger partial charge in [-0.05, 0) is 127 Å². The van der Waals surface area contributed by atoms with Crippen molar-refractivity contribution in [3.8, 4) is 0 Å². The van der Waals surface area contributed by atoms with Crippen LogP contribution in [0.3, 0.4) is 0 Å². The standard InChI is InChI=1S/C45H59NO5/c1-40(2)32(38(48)50-26-18-31-15-11-12-25-46-31)16-19-43(5)36(40)17-20-45(7)37(43)35(47)27-33-34-28-42(4,22-21-41(34,3)23-24-44(33,45)6)39(49)51-29-30-13-9-8-10-14-30/h8-15,25,27,32,34,36-37H,16-24,26,28-29H2,1-7H3/t32-,34+,36+,37?,41-,42+,43+,44-,45-/m1/s1. The third kappa shape index (κ3) is 5.73. The van der Waals surface area contributed by atoms with E-state index in [0.717, 1.165) is 69.0 Å². The number of benzene rings is 1. The highest BCUT2D eigenvalue weighted by atomic mass is 16.5. The molecule has 6 nitrogen and oxygen atoms in total. The molecule has 0 amide bonds. The van der Waals surface area contributed by atoms with Crippen molar-refractivity contribution >= 4 is 17.7 Å². The maximum Gasteiger partial charge on any atom is 0.312 e. The number of ketones is 1. The Morgan fingerprint density at radius 1 is 0.824 bits per heavy atom. The Kier molecular flexibility index (Phi) is 8.98. The third-order valence-electron chi connectivity index (χ3n) is 15.9. The molecule has 51 heavy (non-hydrogen) atoms. The van der Waals surface area contributed by atoms with Crippen molar-refractivity contribution in [1.82, 2.24) is 4.98 Å². The van der Waals surface area contributed by atoms with E-state index in [2.05, 4.69) is 59.5 Å². The summed E-state index contributed by atoms with van der Waals surface area (Å²) in [7, 11) is 0. The van der Waals surface area contributed by atoms with Crippen molar-refractivity contribution < 1.29 is 23.9 Å². The molecule has 5 aliphatic carbocycles. The van der Waals surface area contributed by atoms with Gasteiger partial charge in [0.1, 0.15) is 6.61 Å². The molecule has 4 saturated carbocycles. The quantitative estimate of drug-likeness (QED) is 0.269. The molecule has 6 heteroatoms. The molecule has 0 N–H and O–H groups in total. The van der Waals surface area contributed by atoms with Crippen molar-refractivity contribution in [3.05, 3.63) is 77.6 Å². The first-order valence-electron chi connectivity index (χ1n) is 19.6. The SMILES string of the molecule is CC1(C)[C@@H](C(=O)OCCc2ccccn2)CC[C@]2(C)C3C(=O)C=C4[C@@H]5C[C@@](C)(C(=O)OCc6ccccc6)CC[C@]5(C)CC[C@@]4(C)[C@]3(C)CC[C@@H]12. The molecule has 0 saturated heterocycles. The van der Waals surface area contributed by atoms with Crippen LogP contribution in [0.5, 0.6) is 0 Å². The topological polar surface area (TPSA) is 82.6 Å². The Balaban J connectivity index is 1.13. The average Bonchev–Trinajstić information content (AvgIpc) is 3.09. The Morgan fingerprint density at radius 3 is 2.27 bits per heavy atom. The molecule has 1 aromatic heterocycles. The third-order valence-corrected chi connectivity index (χ3v) is 15.9. The predicted octanol–water partition coefficient (Wildman–Crippen LogP) is 9.51. The molecule has 0 radical (unpaired) electrons. The first-order valence-corrected chi connectivity index (χ1v) is 19.6. The van der Waals surface area contributed by atoms with Crippen molar-refractivity contribution in [3.63, 3.8) is 0 Å². The number of pyridine rings is 1. The van der Waals surface area contributed by atoms with Crippen LogP contribution in [0, 0.1) is 56.2 Å². The molecule has 5 aliphatic rings. The first-order chi connectivity index (χ1) is 24.1. The highest BCUT2D eigenvalue weighted by Gasteiger charge is 2.70. The maximum absolute atomic E-state index is 14.9. The van der Waals surface area contributed by atoms with Crippen molar-refractivity contribution in [2.45, 2.75) is 119 Å². The molecule has 1 aromatic carbocycles. The molecule has 9 atom stereocenters. The minimum absolute atomic E-state index is 0.0616. The van der Waals surface area contributed by atoms with E-state index in [4.69, 9.17) is 9.47 Å². The predicted molar refractivity (Wildman–Crippen MR) is 198 cm³/mol. The molecule has 4 fully saturated rings. The van der Waals surface area contributed by atoms with Gasteiger partial charge in [-0.3, -0.25) is 19.4 Å². The van der Waals surface area contributed by atoms with Gasteiger partial charge in [-0.25, -0.2) is 0 Å². The van der Waals surface area contributed by atoms with Gasteiger partial charge in [0.05, 0.1) is 17.9 Å². The van der Waals surface area contributed by atoms with Crippen LogP contribution in [0.1, 0.15) is 118 Å². The van der Waals surface area contributed by atoms with Crippen LogP contribution in [0.15, 0.2) is 66.4 Å². The van der Waals surface area contributed by atoms with Crippen LogP contribution in [0.4, 0.5) is 0 Å². The molecular weight excluding hydrogens is 634 g/mol. The van der Waals surface area contributed by atoms with E-state index in [1.54, 1.807) is 6.20 Å². The highest BCUT2D eigenvalue weighted by molar-refractivity contribution is 5.96. The molecule has 7 rings (SSSR count). The van der Waals surface area contributed by atoms with E-state index in [-0.39, 0.29) is 75.1 Å². The molecule has 0 spiro atoms. The minimum Gasteiger partial charge on any atom is -0.465 e. The fourth-order valence-corrected chi connectivity index (χ4v) is 12.6. The van der Waals surface area contributed by atoms with Crippen molar-refractivity contribution in [2.75, 3.05) is 6.61 Å². The lowest BCUT2D eigenvalue weighted by atomic mass is 9.33. The zero-order chi connectivity index (χ0) is 36.5. The summed E-state index contributed by atoms with van der Waals surface area (Å²) in [6, 6.07) is 15.7. The van der Waals surface area contributed by atoms with Gasteiger partial charge < -0.3 is 9.47 Å². The van der Waals surface area contributed by atoms with Gasteiger partial charge in [-0.15, -0.1) is 0 Å². The van der Waals surface area contributed by atoms with Crippen molar-refractivity contribution in [2.24, 2.45) is 56.2 Å². The second kappa shape index (κ2) is 12.7. The van der Waals surface area contributed by atoms with Crippen LogP contribution in [0.25, 0.3) is 0 Å². The summed E-state index contributed by atoms with van der Waals surface area (Å²) in [4.78, 5) is 46.7. The molecule has 0 aliphatic heterocycles. The molecule has 274 valence electrons. The number of rotatable bonds is 7. The number of carbonyl (C=O) groups excluding carboxylic acids is 3. The van der Waals surface area contributed by atoms with Gasteiger partial charge in [0.25, 0.3) is 0 Å². The summed E-state index contributed by atoms with van der Waals surface area (Å²) in [6.07, 6.45) is 12.7. The number of fused-ring (bicyclic) bond motifs is 7. The van der Waals surface area contributed by atoms with Gasteiger partial charge in [-0.2, -0.15) is 0 Å². The van der Waals surface area contributed by atoms with Crippen LogP contribution in [-0.4, -0.2) is 29.3 Å². The van der Waals surface area contributed by atoms with Crippen LogP contribution >= 0.6 is 0 Å². The minimum atomic E-state index is -0.586. The fraction of sp³-hybridized carbons (Fsp3) is 0.644. The highest BCUT2D eigenvalue weighted by Crippen LogP contribution is 2.75. The van der Waals surface area contributed by atoms with E-state index in [9.17, 15) is 14.4 Å². The summed E-state index contributed by atoms with van der Waals surface area (Å²) in [5.41, 5.74) is 1.85. The largest absolute Gasteiger partial charge is 0.465 e. The molecule has 1 heterocycles. The van der Waals surface area contributed by atoms with Crippen LogP contribution in [0.2, 0.25) is 0 Å². The number of ether oxygens (including phenoxy) is 2. The normalized spacial score (nSPS) is 39.7. The van der Waals surface area contributed by atoms with Gasteiger partial charge in [-0.1, -0.05) is 83.5 Å². The van der Waals surface area contributed by atoms with Crippen LogP contribution in [-0.2, 0) is 36.9 Å². The lowest BCUT2D eigenvalue weighted by Gasteiger charge is -2.70. The number of hydrogen-bond donors (Lipinski definition) is 0. The maximum atomic E-state index is 14.9. The number of aromatic nitrogens is 1. The van der Waals surface area contributed by atoms with Crippen molar-refractivity contribution in [1.29, 1.82) is 0 Å². The summed E-state index contributed by atoms with van der Waals surface area (Å²) >= 11 is 0. The monoisotopic (exact) mass is 693 g/mol. The molecular formula is C45H59NO5. The van der Waals surface area contributed by atoms with Gasteiger partial charge >= 0.3 is 11.9 Å².